The summed E-state index contributed by atoms with van der Waals surface area (Å²) in [7, 11) is 0. The summed E-state index contributed by atoms with van der Waals surface area (Å²) in [5, 5.41) is 2.52. The summed E-state index contributed by atoms with van der Waals surface area (Å²) < 4.78 is 59.6. The number of nitrogens with one attached hydrogen (secondary N) is 1. The Balaban J connectivity index is 2.01. The number of carbonyl (C=O) groups is 2. The van der Waals surface area contributed by atoms with Crippen LogP contribution in [0.15, 0.2) is 48.5 Å². The fourth-order valence-corrected chi connectivity index (χ4v) is 2.73. The van der Waals surface area contributed by atoms with Gasteiger partial charge in [0.15, 0.2) is 0 Å². The van der Waals surface area contributed by atoms with Crippen LogP contribution in [-0.2, 0) is 27.4 Å². The molecule has 0 saturated carbocycles. The van der Waals surface area contributed by atoms with Gasteiger partial charge < -0.3 is 14.8 Å². The van der Waals surface area contributed by atoms with Gasteiger partial charge in [-0.2, -0.15) is 0 Å². The first-order valence-corrected chi connectivity index (χ1v) is 9.39. The standard InChI is InChI=1S/C21H22F4N2O4/c1-2-30-20(29)14-27(12-15-7-9-17(22)10-8-15)13-19(28)26-11-16-5-3-4-6-18(16)31-21(23,24)25/h3-10H,2,11-14H2,1H3,(H,26,28). The van der Waals surface area contributed by atoms with Crippen LogP contribution < -0.4 is 10.1 Å². The van der Waals surface area contributed by atoms with E-state index < -0.39 is 29.8 Å². The fraction of sp³-hybridized carbons (Fsp3) is 0.333. The van der Waals surface area contributed by atoms with E-state index in [4.69, 9.17) is 4.74 Å². The fourth-order valence-electron chi connectivity index (χ4n) is 2.73. The largest absolute Gasteiger partial charge is 0.573 e. The summed E-state index contributed by atoms with van der Waals surface area (Å²) in [4.78, 5) is 25.7. The Morgan fingerprint density at radius 2 is 1.71 bits per heavy atom. The van der Waals surface area contributed by atoms with Gasteiger partial charge in [-0.25, -0.2) is 4.39 Å². The number of para-hydroxylation sites is 1. The maximum Gasteiger partial charge on any atom is 0.573 e. The summed E-state index contributed by atoms with van der Waals surface area (Å²) in [6.07, 6.45) is -4.86. The van der Waals surface area contributed by atoms with Gasteiger partial charge in [0.05, 0.1) is 19.7 Å². The molecule has 0 radical (unpaired) electrons. The molecule has 31 heavy (non-hydrogen) atoms. The highest BCUT2D eigenvalue weighted by Crippen LogP contribution is 2.26. The van der Waals surface area contributed by atoms with Gasteiger partial charge in [0.1, 0.15) is 11.6 Å². The van der Waals surface area contributed by atoms with Crippen LogP contribution in [0.5, 0.6) is 5.75 Å². The van der Waals surface area contributed by atoms with Crippen LogP contribution in [0.25, 0.3) is 0 Å². The second-order valence-corrected chi connectivity index (χ2v) is 6.51. The van der Waals surface area contributed by atoms with Crippen molar-refractivity contribution in [3.8, 4) is 5.75 Å². The Labute approximate surface area is 176 Å². The first-order chi connectivity index (χ1) is 14.7. The van der Waals surface area contributed by atoms with Gasteiger partial charge in [-0.3, -0.25) is 14.5 Å². The maximum absolute atomic E-state index is 13.1. The van der Waals surface area contributed by atoms with E-state index in [1.54, 1.807) is 6.92 Å². The zero-order valence-corrected chi connectivity index (χ0v) is 16.7. The van der Waals surface area contributed by atoms with Gasteiger partial charge in [0.25, 0.3) is 0 Å². The van der Waals surface area contributed by atoms with Crippen molar-refractivity contribution in [2.75, 3.05) is 19.7 Å². The lowest BCUT2D eigenvalue weighted by atomic mass is 10.2. The predicted molar refractivity (Wildman–Crippen MR) is 103 cm³/mol. The Kier molecular flexibility index (Phi) is 8.80. The van der Waals surface area contributed by atoms with Crippen molar-refractivity contribution in [3.05, 3.63) is 65.5 Å². The second-order valence-electron chi connectivity index (χ2n) is 6.51. The van der Waals surface area contributed by atoms with Crippen LogP contribution in [0.1, 0.15) is 18.1 Å². The van der Waals surface area contributed by atoms with Gasteiger partial charge in [-0.15, -0.1) is 13.2 Å². The van der Waals surface area contributed by atoms with E-state index in [1.807, 2.05) is 0 Å². The molecule has 2 aromatic carbocycles. The molecule has 0 heterocycles. The summed E-state index contributed by atoms with van der Waals surface area (Å²) in [6, 6.07) is 11.0. The van der Waals surface area contributed by atoms with E-state index in [0.29, 0.717) is 5.56 Å². The lowest BCUT2D eigenvalue weighted by molar-refractivity contribution is -0.274. The number of esters is 1. The molecule has 1 N–H and O–H groups in total. The number of halogens is 4. The molecule has 10 heteroatoms. The molecule has 0 fully saturated rings. The summed E-state index contributed by atoms with van der Waals surface area (Å²) in [5.41, 5.74) is 0.811. The molecule has 6 nitrogen and oxygen atoms in total. The quantitative estimate of drug-likeness (QED) is 0.451. The van der Waals surface area contributed by atoms with Gasteiger partial charge in [-0.1, -0.05) is 30.3 Å². The third-order valence-corrected chi connectivity index (χ3v) is 4.02. The maximum atomic E-state index is 13.1. The highest BCUT2D eigenvalue weighted by Gasteiger charge is 2.32. The van der Waals surface area contributed by atoms with Crippen LogP contribution >= 0.6 is 0 Å². The zero-order valence-electron chi connectivity index (χ0n) is 16.7. The number of amides is 1. The molecule has 0 spiro atoms. The third-order valence-electron chi connectivity index (χ3n) is 4.02. The Hall–Kier alpha value is -3.14. The molecule has 168 valence electrons. The van der Waals surface area contributed by atoms with E-state index >= 15 is 0 Å². The van der Waals surface area contributed by atoms with Gasteiger partial charge in [0, 0.05) is 18.7 Å². The molecule has 2 aromatic rings. The molecule has 0 aliphatic carbocycles. The van der Waals surface area contributed by atoms with Crippen LogP contribution in [0, 0.1) is 5.82 Å². The van der Waals surface area contributed by atoms with Gasteiger partial charge in [-0.05, 0) is 30.7 Å². The second kappa shape index (κ2) is 11.3. The number of hydrogen-bond donors (Lipinski definition) is 1. The number of benzene rings is 2. The van der Waals surface area contributed by atoms with Crippen molar-refractivity contribution < 1.29 is 36.6 Å². The van der Waals surface area contributed by atoms with Crippen LogP contribution in [0.4, 0.5) is 17.6 Å². The van der Waals surface area contributed by atoms with Gasteiger partial charge in [0.2, 0.25) is 5.91 Å². The van der Waals surface area contributed by atoms with E-state index in [2.05, 4.69) is 10.1 Å². The first-order valence-electron chi connectivity index (χ1n) is 9.39. The molecular formula is C21H22F4N2O4. The minimum atomic E-state index is -4.86. The van der Waals surface area contributed by atoms with E-state index in [0.717, 1.165) is 6.07 Å². The van der Waals surface area contributed by atoms with Crippen molar-refractivity contribution in [2.24, 2.45) is 0 Å². The number of ether oxygens (including phenoxy) is 2. The van der Waals surface area contributed by atoms with Crippen molar-refractivity contribution in [1.29, 1.82) is 0 Å². The summed E-state index contributed by atoms with van der Waals surface area (Å²) in [5.74, 6) is -1.89. The van der Waals surface area contributed by atoms with Crippen molar-refractivity contribution in [1.82, 2.24) is 10.2 Å². The minimum absolute atomic E-state index is 0.142. The van der Waals surface area contributed by atoms with E-state index in [-0.39, 0.29) is 38.3 Å². The molecule has 2 rings (SSSR count). The molecule has 0 aromatic heterocycles. The summed E-state index contributed by atoms with van der Waals surface area (Å²) >= 11 is 0. The molecule has 0 bridgehead atoms. The van der Waals surface area contributed by atoms with Crippen LogP contribution in [0.3, 0.4) is 0 Å². The molecule has 0 aliphatic rings. The third kappa shape index (κ3) is 9.04. The number of carbonyl (C=O) groups excluding carboxylic acids is 2. The van der Waals surface area contributed by atoms with Crippen molar-refractivity contribution >= 4 is 11.9 Å². The zero-order chi connectivity index (χ0) is 22.9. The molecule has 1 amide bonds. The molecular weight excluding hydrogens is 420 g/mol. The monoisotopic (exact) mass is 442 g/mol. The smallest absolute Gasteiger partial charge is 0.465 e. The first kappa shape index (κ1) is 24.1. The van der Waals surface area contributed by atoms with E-state index in [1.165, 1.54) is 47.4 Å². The SMILES string of the molecule is CCOC(=O)CN(CC(=O)NCc1ccccc1OC(F)(F)F)Cc1ccc(F)cc1. The van der Waals surface area contributed by atoms with Crippen molar-refractivity contribution in [2.45, 2.75) is 26.4 Å². The Morgan fingerprint density at radius 3 is 2.35 bits per heavy atom. The molecule has 0 aliphatic heterocycles. The molecule has 0 atom stereocenters. The number of nitrogens with zero attached hydrogens (tertiary/aromatic N) is 1. The van der Waals surface area contributed by atoms with Gasteiger partial charge >= 0.3 is 12.3 Å². The Bertz CT molecular complexity index is 872. The summed E-state index contributed by atoms with van der Waals surface area (Å²) in [6.45, 7) is 1.38. The topological polar surface area (TPSA) is 67.9 Å². The average Bonchev–Trinajstić information content (AvgIpc) is 2.68. The Morgan fingerprint density at radius 1 is 1.03 bits per heavy atom. The van der Waals surface area contributed by atoms with E-state index in [9.17, 15) is 27.2 Å². The molecule has 0 unspecified atom stereocenters. The van der Waals surface area contributed by atoms with Crippen molar-refractivity contribution in [3.63, 3.8) is 0 Å². The number of alkyl halides is 3. The highest BCUT2D eigenvalue weighted by molar-refractivity contribution is 5.79. The lowest BCUT2D eigenvalue weighted by Gasteiger charge is -2.21. The van der Waals surface area contributed by atoms with Crippen LogP contribution in [-0.4, -0.2) is 42.8 Å². The number of hydrogen-bond acceptors (Lipinski definition) is 5. The average molecular weight is 442 g/mol. The number of rotatable bonds is 10. The molecule has 0 saturated heterocycles. The normalized spacial score (nSPS) is 11.3. The van der Waals surface area contributed by atoms with Crippen LogP contribution in [0.2, 0.25) is 0 Å². The highest BCUT2D eigenvalue weighted by atomic mass is 19.4. The minimum Gasteiger partial charge on any atom is -0.465 e. The predicted octanol–water partition coefficient (Wildman–Crippen LogP) is 3.41. The lowest BCUT2D eigenvalue weighted by Crippen LogP contribution is -2.39.